The summed E-state index contributed by atoms with van der Waals surface area (Å²) in [6.07, 6.45) is 2.32. The van der Waals surface area contributed by atoms with E-state index < -0.39 is 0 Å². The molecule has 80 valence electrons. The van der Waals surface area contributed by atoms with E-state index in [9.17, 15) is 4.79 Å². The van der Waals surface area contributed by atoms with Crippen LogP contribution in [0.2, 0.25) is 5.02 Å². The molecule has 1 atom stereocenters. The fourth-order valence-corrected chi connectivity index (χ4v) is 1.94. The first-order valence-corrected chi connectivity index (χ1v) is 5.53. The Balaban J connectivity index is 2.11. The lowest BCUT2D eigenvalue weighted by Crippen LogP contribution is -2.29. The number of hydrogen-bond donors (Lipinski definition) is 0. The predicted octanol–water partition coefficient (Wildman–Crippen LogP) is 2.19. The molecule has 5 heteroatoms. The van der Waals surface area contributed by atoms with Crippen molar-refractivity contribution in [3.8, 4) is 0 Å². The van der Waals surface area contributed by atoms with Crippen LogP contribution in [0.25, 0.3) is 0 Å². The molecule has 0 saturated carbocycles. The Kier molecular flexibility index (Phi) is 3.12. The topological polar surface area (TPSA) is 33.2 Å². The Morgan fingerprint density at radius 1 is 1.53 bits per heavy atom. The van der Waals surface area contributed by atoms with Crippen LogP contribution in [0.4, 0.5) is 0 Å². The number of amides is 1. The normalized spacial score (nSPS) is 20.7. The summed E-state index contributed by atoms with van der Waals surface area (Å²) in [4.78, 5) is 17.6. The monoisotopic (exact) mass is 244 g/mol. The number of carbonyl (C=O) groups is 1. The van der Waals surface area contributed by atoms with Crippen molar-refractivity contribution in [1.82, 2.24) is 9.88 Å². The van der Waals surface area contributed by atoms with Crippen molar-refractivity contribution in [2.45, 2.75) is 11.8 Å². The van der Waals surface area contributed by atoms with Crippen molar-refractivity contribution in [2.24, 2.45) is 0 Å². The quantitative estimate of drug-likeness (QED) is 0.710. The van der Waals surface area contributed by atoms with Crippen molar-refractivity contribution >= 4 is 29.1 Å². The van der Waals surface area contributed by atoms with E-state index in [1.807, 2.05) is 0 Å². The number of alkyl halides is 1. The second-order valence-electron chi connectivity index (χ2n) is 3.50. The van der Waals surface area contributed by atoms with Crippen LogP contribution in [-0.4, -0.2) is 34.3 Å². The van der Waals surface area contributed by atoms with Gasteiger partial charge in [0, 0.05) is 19.3 Å². The van der Waals surface area contributed by atoms with Gasteiger partial charge in [-0.3, -0.25) is 4.79 Å². The second-order valence-corrected chi connectivity index (χ2v) is 4.55. The van der Waals surface area contributed by atoms with E-state index in [0.717, 1.165) is 6.42 Å². The molecule has 0 N–H and O–H groups in total. The van der Waals surface area contributed by atoms with Gasteiger partial charge < -0.3 is 4.90 Å². The molecule has 1 aliphatic heterocycles. The minimum absolute atomic E-state index is 0.0706. The Labute approximate surface area is 98.0 Å². The Bertz CT molecular complexity index is 366. The van der Waals surface area contributed by atoms with Gasteiger partial charge in [0.05, 0.1) is 10.4 Å². The molecule has 1 aromatic rings. The highest BCUT2D eigenvalue weighted by Gasteiger charge is 2.25. The third kappa shape index (κ3) is 2.41. The molecule has 2 rings (SSSR count). The number of hydrogen-bond acceptors (Lipinski definition) is 2. The Hall–Kier alpha value is -0.800. The molecular weight excluding hydrogens is 235 g/mol. The molecule has 0 bridgehead atoms. The Morgan fingerprint density at radius 2 is 2.33 bits per heavy atom. The van der Waals surface area contributed by atoms with Crippen LogP contribution < -0.4 is 0 Å². The third-order valence-electron chi connectivity index (χ3n) is 2.36. The lowest BCUT2D eigenvalue weighted by molar-refractivity contribution is 0.0787. The molecule has 0 radical (unpaired) electrons. The van der Waals surface area contributed by atoms with Crippen molar-refractivity contribution in [2.75, 3.05) is 13.1 Å². The predicted molar refractivity (Wildman–Crippen MR) is 59.4 cm³/mol. The smallest absolute Gasteiger partial charge is 0.272 e. The molecule has 2 heterocycles. The van der Waals surface area contributed by atoms with Crippen LogP contribution in [0.5, 0.6) is 0 Å². The van der Waals surface area contributed by atoms with Gasteiger partial charge in [-0.15, -0.1) is 11.6 Å². The molecule has 0 spiro atoms. The van der Waals surface area contributed by atoms with E-state index in [1.165, 1.54) is 6.20 Å². The van der Waals surface area contributed by atoms with Gasteiger partial charge in [0.2, 0.25) is 0 Å². The summed E-state index contributed by atoms with van der Waals surface area (Å²) in [5, 5.41) is 0.601. The minimum Gasteiger partial charge on any atom is -0.336 e. The lowest BCUT2D eigenvalue weighted by Gasteiger charge is -2.14. The first-order chi connectivity index (χ1) is 7.16. The van der Waals surface area contributed by atoms with E-state index in [2.05, 4.69) is 4.98 Å². The molecule has 1 amide bonds. The average Bonchev–Trinajstić information content (AvgIpc) is 2.65. The summed E-state index contributed by atoms with van der Waals surface area (Å²) in [7, 11) is 0. The molecule has 1 fully saturated rings. The largest absolute Gasteiger partial charge is 0.336 e. The van der Waals surface area contributed by atoms with Crippen LogP contribution in [0, 0.1) is 0 Å². The molecular formula is C10H10Cl2N2O. The van der Waals surface area contributed by atoms with Gasteiger partial charge in [-0.1, -0.05) is 11.6 Å². The highest BCUT2D eigenvalue weighted by Crippen LogP contribution is 2.17. The number of rotatable bonds is 1. The third-order valence-corrected chi connectivity index (χ3v) is 2.94. The van der Waals surface area contributed by atoms with E-state index in [0.29, 0.717) is 23.8 Å². The van der Waals surface area contributed by atoms with Gasteiger partial charge in [-0.25, -0.2) is 4.98 Å². The standard InChI is InChI=1S/C10H10Cl2N2O/c11-7-1-2-9(13-5-7)10(15)14-4-3-8(12)6-14/h1-2,5,8H,3-4,6H2. The van der Waals surface area contributed by atoms with Gasteiger partial charge in [-0.2, -0.15) is 0 Å². The summed E-state index contributed by atoms with van der Waals surface area (Å²) in [5.41, 5.74) is 0.421. The molecule has 1 saturated heterocycles. The van der Waals surface area contributed by atoms with E-state index in [4.69, 9.17) is 23.2 Å². The fraction of sp³-hybridized carbons (Fsp3) is 0.400. The molecule has 0 aliphatic carbocycles. The van der Waals surface area contributed by atoms with Crippen LogP contribution in [0.3, 0.4) is 0 Å². The van der Waals surface area contributed by atoms with E-state index in [-0.39, 0.29) is 11.3 Å². The summed E-state index contributed by atoms with van der Waals surface area (Å²) < 4.78 is 0. The summed E-state index contributed by atoms with van der Waals surface area (Å²) in [6, 6.07) is 3.29. The van der Waals surface area contributed by atoms with Crippen LogP contribution in [-0.2, 0) is 0 Å². The number of nitrogens with zero attached hydrogens (tertiary/aromatic N) is 2. The van der Waals surface area contributed by atoms with Crippen molar-refractivity contribution in [3.05, 3.63) is 29.0 Å². The number of pyridine rings is 1. The fourth-order valence-electron chi connectivity index (χ4n) is 1.57. The molecule has 1 unspecified atom stereocenters. The van der Waals surface area contributed by atoms with E-state index >= 15 is 0 Å². The average molecular weight is 245 g/mol. The van der Waals surface area contributed by atoms with Gasteiger partial charge in [-0.05, 0) is 18.6 Å². The van der Waals surface area contributed by atoms with Gasteiger partial charge in [0.1, 0.15) is 5.69 Å². The zero-order chi connectivity index (χ0) is 10.8. The number of aromatic nitrogens is 1. The molecule has 1 aliphatic rings. The van der Waals surface area contributed by atoms with Crippen LogP contribution in [0.1, 0.15) is 16.9 Å². The second kappa shape index (κ2) is 4.37. The first-order valence-electron chi connectivity index (χ1n) is 4.72. The molecule has 15 heavy (non-hydrogen) atoms. The highest BCUT2D eigenvalue weighted by atomic mass is 35.5. The van der Waals surface area contributed by atoms with Gasteiger partial charge in [0.25, 0.3) is 5.91 Å². The summed E-state index contributed by atoms with van der Waals surface area (Å²) in [6.45, 7) is 1.31. The maximum Gasteiger partial charge on any atom is 0.272 e. The number of carbonyl (C=O) groups excluding carboxylic acids is 1. The van der Waals surface area contributed by atoms with Crippen molar-refractivity contribution in [3.63, 3.8) is 0 Å². The molecule has 0 aromatic carbocycles. The molecule has 3 nitrogen and oxygen atoms in total. The zero-order valence-electron chi connectivity index (χ0n) is 7.99. The summed E-state index contributed by atoms with van der Waals surface area (Å²) in [5.74, 6) is -0.0742. The summed E-state index contributed by atoms with van der Waals surface area (Å²) >= 11 is 11.6. The maximum absolute atomic E-state index is 11.9. The van der Waals surface area contributed by atoms with Gasteiger partial charge >= 0.3 is 0 Å². The Morgan fingerprint density at radius 3 is 2.87 bits per heavy atom. The molecule has 1 aromatic heterocycles. The van der Waals surface area contributed by atoms with E-state index in [1.54, 1.807) is 17.0 Å². The lowest BCUT2D eigenvalue weighted by atomic mass is 10.3. The minimum atomic E-state index is -0.0742. The SMILES string of the molecule is O=C(c1ccc(Cl)cn1)N1CCC(Cl)C1. The maximum atomic E-state index is 11.9. The van der Waals surface area contributed by atoms with Crippen LogP contribution >= 0.6 is 23.2 Å². The highest BCUT2D eigenvalue weighted by molar-refractivity contribution is 6.30. The first kappa shape index (κ1) is 10.7. The van der Waals surface area contributed by atoms with Crippen LogP contribution in [0.15, 0.2) is 18.3 Å². The van der Waals surface area contributed by atoms with Crippen molar-refractivity contribution in [1.29, 1.82) is 0 Å². The van der Waals surface area contributed by atoms with Gasteiger partial charge in [0.15, 0.2) is 0 Å². The number of likely N-dealkylation sites (tertiary alicyclic amines) is 1. The van der Waals surface area contributed by atoms with Crippen molar-refractivity contribution < 1.29 is 4.79 Å². The zero-order valence-corrected chi connectivity index (χ0v) is 9.50. The number of halogens is 2.